The van der Waals surface area contributed by atoms with Gasteiger partial charge in [0.25, 0.3) is 0 Å². The highest BCUT2D eigenvalue weighted by atomic mass is 16.5. The van der Waals surface area contributed by atoms with Crippen molar-refractivity contribution in [2.24, 2.45) is 0 Å². The molecule has 0 aromatic carbocycles. The third-order valence-electron chi connectivity index (χ3n) is 6.40. The molecule has 0 fully saturated rings. The van der Waals surface area contributed by atoms with Crippen LogP contribution in [0.25, 0.3) is 0 Å². The highest BCUT2D eigenvalue weighted by Gasteiger charge is 2.30. The summed E-state index contributed by atoms with van der Waals surface area (Å²) >= 11 is 0. The van der Waals surface area contributed by atoms with E-state index in [0.29, 0.717) is 98.4 Å². The zero-order valence-corrected chi connectivity index (χ0v) is 26.8. The predicted octanol–water partition coefficient (Wildman–Crippen LogP) is -0.367. The number of terminal acetylenes is 3. The Balaban J connectivity index is 4.70. The van der Waals surface area contributed by atoms with E-state index in [4.69, 9.17) is 47.7 Å². The molecule has 0 atom stereocenters. The van der Waals surface area contributed by atoms with Gasteiger partial charge < -0.3 is 49.7 Å². The van der Waals surface area contributed by atoms with Crippen molar-refractivity contribution in [3.63, 3.8) is 0 Å². The van der Waals surface area contributed by atoms with Crippen LogP contribution >= 0.6 is 0 Å². The zero-order chi connectivity index (χ0) is 33.3. The van der Waals surface area contributed by atoms with Crippen LogP contribution in [0.5, 0.6) is 0 Å². The standard InChI is InChI=1S/C32H52N4O9/c1-5-17-40-23-26-43-20-14-34-29(37)8-11-32(33-4,12-9-30(38)35-15-21-44-27-24-41-18-6-2)13-10-31(39)36-16-22-45-28-25-42-19-7-3/h1-3,33H,8-28H2,4H3,(H,34,37)(H,35,38)(H,36,39). The van der Waals surface area contributed by atoms with Gasteiger partial charge in [-0.2, -0.15) is 0 Å². The van der Waals surface area contributed by atoms with Gasteiger partial charge in [0.1, 0.15) is 19.8 Å². The van der Waals surface area contributed by atoms with E-state index in [9.17, 15) is 14.4 Å². The van der Waals surface area contributed by atoms with E-state index in [0.717, 1.165) is 0 Å². The van der Waals surface area contributed by atoms with E-state index in [1.165, 1.54) is 0 Å². The molecule has 0 bridgehead atoms. The molecule has 0 spiro atoms. The highest BCUT2D eigenvalue weighted by Crippen LogP contribution is 2.25. The van der Waals surface area contributed by atoms with Crippen molar-refractivity contribution in [2.45, 2.75) is 44.1 Å². The molecule has 0 aliphatic heterocycles. The van der Waals surface area contributed by atoms with E-state index >= 15 is 0 Å². The van der Waals surface area contributed by atoms with E-state index < -0.39 is 5.54 Å². The molecule has 0 aromatic heterocycles. The summed E-state index contributed by atoms with van der Waals surface area (Å²) in [6, 6.07) is 0. The Labute approximate surface area is 268 Å². The third kappa shape index (κ3) is 26.9. The topological polar surface area (TPSA) is 155 Å². The first-order valence-electron chi connectivity index (χ1n) is 15.2. The molecule has 13 nitrogen and oxygen atoms in total. The van der Waals surface area contributed by atoms with Crippen LogP contribution in [0.1, 0.15) is 38.5 Å². The molecule has 0 unspecified atom stereocenters. The summed E-state index contributed by atoms with van der Waals surface area (Å²) in [4.78, 5) is 37.7. The molecule has 0 rings (SSSR count). The monoisotopic (exact) mass is 636 g/mol. The second kappa shape index (κ2) is 30.8. The number of hydrogen-bond acceptors (Lipinski definition) is 10. The smallest absolute Gasteiger partial charge is 0.220 e. The lowest BCUT2D eigenvalue weighted by atomic mass is 9.83. The second-order valence-electron chi connectivity index (χ2n) is 9.69. The van der Waals surface area contributed by atoms with Crippen LogP contribution in [0.3, 0.4) is 0 Å². The van der Waals surface area contributed by atoms with Gasteiger partial charge in [-0.25, -0.2) is 0 Å². The Morgan fingerprint density at radius 3 is 1.07 bits per heavy atom. The van der Waals surface area contributed by atoms with Crippen molar-refractivity contribution >= 4 is 17.7 Å². The Kier molecular flexibility index (Phi) is 28.6. The number of carbonyl (C=O) groups is 3. The van der Waals surface area contributed by atoms with Crippen LogP contribution in [0, 0.1) is 37.0 Å². The quantitative estimate of drug-likeness (QED) is 0.0586. The summed E-state index contributed by atoms with van der Waals surface area (Å²) in [5.74, 6) is 6.68. The van der Waals surface area contributed by atoms with Crippen LogP contribution < -0.4 is 21.3 Å². The van der Waals surface area contributed by atoms with Crippen molar-refractivity contribution in [2.75, 3.05) is 106 Å². The van der Waals surface area contributed by atoms with Crippen LogP contribution in [-0.4, -0.2) is 129 Å². The Hall–Kier alpha value is -3.19. The zero-order valence-electron chi connectivity index (χ0n) is 26.8. The van der Waals surface area contributed by atoms with Crippen LogP contribution in [0.4, 0.5) is 0 Å². The van der Waals surface area contributed by atoms with E-state index in [1.807, 2.05) is 0 Å². The first-order chi connectivity index (χ1) is 21.9. The minimum atomic E-state index is -0.618. The molecule has 45 heavy (non-hydrogen) atoms. The van der Waals surface area contributed by atoms with Crippen molar-refractivity contribution in [3.05, 3.63) is 0 Å². The Bertz CT molecular complexity index is 800. The van der Waals surface area contributed by atoms with Gasteiger partial charge in [-0.15, -0.1) is 19.3 Å². The molecule has 0 radical (unpaired) electrons. The van der Waals surface area contributed by atoms with Gasteiger partial charge in [0.05, 0.1) is 59.5 Å². The summed E-state index contributed by atoms with van der Waals surface area (Å²) < 4.78 is 31.6. The number of nitrogens with one attached hydrogen (secondary N) is 4. The maximum absolute atomic E-state index is 12.6. The van der Waals surface area contributed by atoms with Gasteiger partial charge in [-0.3, -0.25) is 14.4 Å². The van der Waals surface area contributed by atoms with Crippen molar-refractivity contribution in [1.29, 1.82) is 0 Å². The number of carbonyl (C=O) groups excluding carboxylic acids is 3. The highest BCUT2D eigenvalue weighted by molar-refractivity contribution is 5.77. The number of ether oxygens (including phenoxy) is 6. The maximum atomic E-state index is 12.6. The molecule has 0 aliphatic carbocycles. The van der Waals surface area contributed by atoms with Crippen molar-refractivity contribution < 1.29 is 42.8 Å². The predicted molar refractivity (Wildman–Crippen MR) is 170 cm³/mol. The Morgan fingerprint density at radius 1 is 0.511 bits per heavy atom. The van der Waals surface area contributed by atoms with Crippen molar-refractivity contribution in [3.8, 4) is 37.0 Å². The number of hydrogen-bond donors (Lipinski definition) is 4. The first-order valence-corrected chi connectivity index (χ1v) is 15.2. The molecular weight excluding hydrogens is 584 g/mol. The summed E-state index contributed by atoms with van der Waals surface area (Å²) in [5, 5.41) is 11.8. The van der Waals surface area contributed by atoms with Gasteiger partial charge in [0.2, 0.25) is 17.7 Å². The van der Waals surface area contributed by atoms with Crippen LogP contribution in [0.15, 0.2) is 0 Å². The minimum absolute atomic E-state index is 0.151. The first kappa shape index (κ1) is 41.8. The molecule has 13 heteroatoms. The molecule has 254 valence electrons. The molecule has 0 aromatic rings. The fourth-order valence-electron chi connectivity index (χ4n) is 3.91. The van der Waals surface area contributed by atoms with Gasteiger partial charge in [-0.1, -0.05) is 17.8 Å². The molecular formula is C32H52N4O9. The lowest BCUT2D eigenvalue weighted by molar-refractivity contribution is -0.121. The van der Waals surface area contributed by atoms with E-state index in [2.05, 4.69) is 39.0 Å². The van der Waals surface area contributed by atoms with Gasteiger partial charge in [0, 0.05) is 44.4 Å². The average molecular weight is 637 g/mol. The lowest BCUT2D eigenvalue weighted by Gasteiger charge is -2.34. The average Bonchev–Trinajstić information content (AvgIpc) is 3.04. The number of rotatable bonds is 31. The summed E-state index contributed by atoms with van der Waals surface area (Å²) in [6.45, 7) is 5.04. The molecule has 0 saturated heterocycles. The van der Waals surface area contributed by atoms with Gasteiger partial charge in [-0.05, 0) is 26.3 Å². The summed E-state index contributed by atoms with van der Waals surface area (Å²) in [5.41, 5.74) is -0.618. The second-order valence-corrected chi connectivity index (χ2v) is 9.69. The summed E-state index contributed by atoms with van der Waals surface area (Å²) in [7, 11) is 1.77. The van der Waals surface area contributed by atoms with E-state index in [1.54, 1.807) is 7.05 Å². The number of amides is 3. The Morgan fingerprint density at radius 2 is 0.800 bits per heavy atom. The fraction of sp³-hybridized carbons (Fsp3) is 0.719. The van der Waals surface area contributed by atoms with E-state index in [-0.39, 0.29) is 56.8 Å². The third-order valence-corrected chi connectivity index (χ3v) is 6.40. The molecule has 0 saturated carbocycles. The molecule has 0 heterocycles. The van der Waals surface area contributed by atoms with Crippen LogP contribution in [0.2, 0.25) is 0 Å². The van der Waals surface area contributed by atoms with Gasteiger partial charge in [0.15, 0.2) is 0 Å². The van der Waals surface area contributed by atoms with Crippen molar-refractivity contribution in [1.82, 2.24) is 21.3 Å². The van der Waals surface area contributed by atoms with Crippen LogP contribution in [-0.2, 0) is 42.8 Å². The normalized spacial score (nSPS) is 10.8. The van der Waals surface area contributed by atoms with Gasteiger partial charge >= 0.3 is 0 Å². The molecule has 4 N–H and O–H groups in total. The largest absolute Gasteiger partial charge is 0.377 e. The molecule has 3 amide bonds. The minimum Gasteiger partial charge on any atom is -0.377 e. The lowest BCUT2D eigenvalue weighted by Crippen LogP contribution is -2.46. The molecule has 0 aliphatic rings. The maximum Gasteiger partial charge on any atom is 0.220 e. The SMILES string of the molecule is C#CCOCCOCCNC(=O)CCC(CCC(=O)NCCOCCOCC#C)(CCC(=O)NCCOCCOCC#C)NC. The fourth-order valence-corrected chi connectivity index (χ4v) is 3.91. The summed E-state index contributed by atoms with van der Waals surface area (Å²) in [6.07, 6.45) is 17.3.